The molecule has 0 radical (unpaired) electrons. The Balaban J connectivity index is 4.04. The molecule has 2 amide bonds. The van der Waals surface area contributed by atoms with Gasteiger partial charge in [0.2, 0.25) is 0 Å². The van der Waals surface area contributed by atoms with Crippen molar-refractivity contribution in [3.05, 3.63) is 0 Å². The Morgan fingerprint density at radius 3 is 1.97 bits per heavy atom. The fraction of sp³-hybridized carbons (Fsp3) is 0.950. The second-order valence-corrected chi connectivity index (χ2v) is 9.97. The first-order chi connectivity index (χ1) is 13.6. The molecule has 0 aromatic carbocycles. The fourth-order valence-electron chi connectivity index (χ4n) is 2.82. The molecule has 1 atom stereocenters. The van der Waals surface area contributed by atoms with Gasteiger partial charge in [-0.15, -0.1) is 0 Å². The highest BCUT2D eigenvalue weighted by atomic mass is 31.2. The zero-order valence-electron chi connectivity index (χ0n) is 19.3. The number of nitrogens with one attached hydrogen (secondary N) is 1. The van der Waals surface area contributed by atoms with E-state index in [0.717, 1.165) is 12.8 Å². The van der Waals surface area contributed by atoms with Gasteiger partial charge in [-0.05, 0) is 6.42 Å². The average molecular weight is 439 g/mol. The van der Waals surface area contributed by atoms with Crippen LogP contribution in [0.3, 0.4) is 0 Å². The van der Waals surface area contributed by atoms with E-state index in [1.807, 2.05) is 21.1 Å². The summed E-state index contributed by atoms with van der Waals surface area (Å²) in [5.74, 6) is 0. The van der Waals surface area contributed by atoms with E-state index in [0.29, 0.717) is 17.6 Å². The maximum Gasteiger partial charge on any atom is 0.472 e. The largest absolute Gasteiger partial charge is 0.472 e. The molecule has 174 valence electrons. The van der Waals surface area contributed by atoms with Gasteiger partial charge in [-0.1, -0.05) is 58.3 Å². The number of quaternary nitrogens is 1. The van der Waals surface area contributed by atoms with Crippen molar-refractivity contribution in [1.29, 1.82) is 0 Å². The number of carbonyl (C=O) groups excluding carboxylic acids is 1. The van der Waals surface area contributed by atoms with Gasteiger partial charge in [-0.2, -0.15) is 0 Å². The van der Waals surface area contributed by atoms with E-state index in [1.54, 1.807) is 11.9 Å². The first kappa shape index (κ1) is 28.3. The Labute approximate surface area is 178 Å². The number of phosphoric ester groups is 1. The number of urea groups is 1. The topological polar surface area (TPSA) is 88.1 Å². The lowest BCUT2D eigenvalue weighted by Crippen LogP contribution is -2.40. The van der Waals surface area contributed by atoms with Gasteiger partial charge in [0.15, 0.2) is 0 Å². The molecule has 8 nitrogen and oxygen atoms in total. The summed E-state index contributed by atoms with van der Waals surface area (Å²) >= 11 is 0. The van der Waals surface area contributed by atoms with Gasteiger partial charge >= 0.3 is 13.9 Å². The van der Waals surface area contributed by atoms with Crippen LogP contribution >= 0.6 is 7.82 Å². The number of rotatable bonds is 18. The Morgan fingerprint density at radius 2 is 1.45 bits per heavy atom. The highest BCUT2D eigenvalue weighted by Crippen LogP contribution is 2.42. The molecule has 0 aliphatic heterocycles. The van der Waals surface area contributed by atoms with Crippen LogP contribution in [0.25, 0.3) is 0 Å². The summed E-state index contributed by atoms with van der Waals surface area (Å²) in [5.41, 5.74) is 0. The number of hydrogen-bond acceptors (Lipinski definition) is 4. The minimum atomic E-state index is -4.09. The molecular formula is C20H45N3O5P+. The molecule has 1 unspecified atom stereocenters. The molecule has 0 rings (SSSR count). The summed E-state index contributed by atoms with van der Waals surface area (Å²) in [4.78, 5) is 23.4. The summed E-state index contributed by atoms with van der Waals surface area (Å²) in [6.45, 7) is 3.77. The lowest BCUT2D eigenvalue weighted by molar-refractivity contribution is -0.870. The number of amides is 2. The van der Waals surface area contributed by atoms with Crippen molar-refractivity contribution in [3.63, 3.8) is 0 Å². The minimum Gasteiger partial charge on any atom is -0.341 e. The normalized spacial score (nSPS) is 13.9. The van der Waals surface area contributed by atoms with Crippen LogP contribution in [0.4, 0.5) is 4.79 Å². The Hall–Kier alpha value is -0.660. The van der Waals surface area contributed by atoms with Crippen LogP contribution in [-0.2, 0) is 13.6 Å². The third-order valence-electron chi connectivity index (χ3n) is 4.66. The molecule has 0 saturated heterocycles. The maximum atomic E-state index is 12.0. The van der Waals surface area contributed by atoms with Crippen molar-refractivity contribution >= 4 is 13.9 Å². The molecule has 0 aromatic heterocycles. The lowest BCUT2D eigenvalue weighted by atomic mass is 10.1. The van der Waals surface area contributed by atoms with E-state index in [1.165, 1.54) is 44.9 Å². The minimum absolute atomic E-state index is 0.0387. The Kier molecular flexibility index (Phi) is 15.7. The molecule has 0 bridgehead atoms. The van der Waals surface area contributed by atoms with E-state index in [9.17, 15) is 14.3 Å². The highest BCUT2D eigenvalue weighted by Gasteiger charge is 2.23. The number of phosphoric acid groups is 1. The molecule has 0 fully saturated rings. The van der Waals surface area contributed by atoms with Gasteiger partial charge in [0.05, 0.1) is 27.7 Å². The van der Waals surface area contributed by atoms with Gasteiger partial charge < -0.3 is 19.6 Å². The van der Waals surface area contributed by atoms with Gasteiger partial charge in [-0.3, -0.25) is 9.05 Å². The first-order valence-electron chi connectivity index (χ1n) is 11.0. The second kappa shape index (κ2) is 16.1. The second-order valence-electron chi connectivity index (χ2n) is 8.52. The molecule has 0 saturated carbocycles. The first-order valence-corrected chi connectivity index (χ1v) is 12.5. The number of nitrogens with zero attached hydrogens (tertiary/aromatic N) is 2. The van der Waals surface area contributed by atoms with E-state index in [2.05, 4.69) is 12.2 Å². The molecule has 9 heteroatoms. The van der Waals surface area contributed by atoms with E-state index in [4.69, 9.17) is 9.05 Å². The molecule has 2 N–H and O–H groups in total. The molecule has 0 aromatic rings. The van der Waals surface area contributed by atoms with Crippen molar-refractivity contribution in [3.8, 4) is 0 Å². The van der Waals surface area contributed by atoms with Crippen molar-refractivity contribution in [2.24, 2.45) is 0 Å². The third-order valence-corrected chi connectivity index (χ3v) is 5.68. The molecular weight excluding hydrogens is 393 g/mol. The SMILES string of the molecule is CCCCCCCCCCCN(CCOP(=O)(O)OCC[N+](C)(C)C)C(=O)NC. The number of carbonyl (C=O) groups is 1. The van der Waals surface area contributed by atoms with Crippen molar-refractivity contribution in [2.75, 3.05) is 61.0 Å². The summed E-state index contributed by atoms with van der Waals surface area (Å²) < 4.78 is 22.6. The van der Waals surface area contributed by atoms with Crippen LogP contribution in [-0.4, -0.2) is 81.3 Å². The lowest BCUT2D eigenvalue weighted by Gasteiger charge is -2.24. The monoisotopic (exact) mass is 438 g/mol. The van der Waals surface area contributed by atoms with Gasteiger partial charge in [0.1, 0.15) is 13.2 Å². The Morgan fingerprint density at radius 1 is 0.931 bits per heavy atom. The van der Waals surface area contributed by atoms with Gasteiger partial charge in [0, 0.05) is 20.1 Å². The van der Waals surface area contributed by atoms with Crippen LogP contribution in [0.2, 0.25) is 0 Å². The predicted octanol–water partition coefficient (Wildman–Crippen LogP) is 4.00. The van der Waals surface area contributed by atoms with Crippen LogP contribution in [0.15, 0.2) is 0 Å². The van der Waals surface area contributed by atoms with Gasteiger partial charge in [-0.25, -0.2) is 9.36 Å². The standard InChI is InChI=1S/C20H44N3O5P/c1-6-7-8-9-10-11-12-13-14-15-22(20(24)21-2)16-18-27-29(25,26)28-19-17-23(3,4)5/h6-19H2,1-5H3,(H-,21,24,25,26)/p+1. The van der Waals surface area contributed by atoms with E-state index in [-0.39, 0.29) is 25.8 Å². The van der Waals surface area contributed by atoms with Crippen LogP contribution in [0.5, 0.6) is 0 Å². The fourth-order valence-corrected chi connectivity index (χ4v) is 3.52. The van der Waals surface area contributed by atoms with Gasteiger partial charge in [0.25, 0.3) is 0 Å². The number of hydrogen-bond donors (Lipinski definition) is 2. The summed E-state index contributed by atoms with van der Waals surface area (Å²) in [5, 5.41) is 2.61. The van der Waals surface area contributed by atoms with Crippen LogP contribution < -0.4 is 5.32 Å². The maximum absolute atomic E-state index is 12.0. The molecule has 0 heterocycles. The summed E-state index contributed by atoms with van der Waals surface area (Å²) in [6, 6.07) is -0.202. The van der Waals surface area contributed by atoms with E-state index < -0.39 is 7.82 Å². The number of likely N-dealkylation sites (N-methyl/N-ethyl adjacent to an activating group) is 1. The average Bonchev–Trinajstić information content (AvgIpc) is 2.63. The van der Waals surface area contributed by atoms with Crippen molar-refractivity contribution < 1.29 is 27.8 Å². The highest BCUT2D eigenvalue weighted by molar-refractivity contribution is 7.47. The summed E-state index contributed by atoms with van der Waals surface area (Å²) in [7, 11) is 3.40. The Bertz CT molecular complexity index is 472. The molecule has 0 aliphatic rings. The van der Waals surface area contributed by atoms with Crippen molar-refractivity contribution in [2.45, 2.75) is 64.7 Å². The zero-order chi connectivity index (χ0) is 22.2. The predicted molar refractivity (Wildman–Crippen MR) is 118 cm³/mol. The van der Waals surface area contributed by atoms with Crippen LogP contribution in [0.1, 0.15) is 64.7 Å². The molecule has 0 aliphatic carbocycles. The third kappa shape index (κ3) is 17.9. The van der Waals surface area contributed by atoms with E-state index >= 15 is 0 Å². The smallest absolute Gasteiger partial charge is 0.341 e. The number of unbranched alkanes of at least 4 members (excludes halogenated alkanes) is 8. The zero-order valence-corrected chi connectivity index (χ0v) is 20.2. The van der Waals surface area contributed by atoms with Crippen molar-refractivity contribution in [1.82, 2.24) is 10.2 Å². The van der Waals surface area contributed by atoms with Crippen LogP contribution in [0, 0.1) is 0 Å². The quantitative estimate of drug-likeness (QED) is 0.192. The molecule has 29 heavy (non-hydrogen) atoms. The summed E-state index contributed by atoms with van der Waals surface area (Å²) in [6.07, 6.45) is 10.9. The molecule has 0 spiro atoms.